The van der Waals surface area contributed by atoms with Crippen molar-refractivity contribution in [2.24, 2.45) is 5.73 Å². The number of fused-ring (bicyclic) bond motifs is 1. The van der Waals surface area contributed by atoms with Crippen LogP contribution in [0.25, 0.3) is 0 Å². The number of nitrogens with two attached hydrogens (primary N) is 1. The van der Waals surface area contributed by atoms with Crippen LogP contribution in [-0.4, -0.2) is 15.8 Å². The highest BCUT2D eigenvalue weighted by atomic mass is 35.5. The molecular formula is C7H10ClN3. The van der Waals surface area contributed by atoms with Gasteiger partial charge in [-0.25, -0.2) is 0 Å². The predicted octanol–water partition coefficient (Wildman–Crippen LogP) is 0.810. The van der Waals surface area contributed by atoms with E-state index >= 15 is 0 Å². The Labute approximate surface area is 70.1 Å². The van der Waals surface area contributed by atoms with Crippen LogP contribution in [-0.2, 0) is 13.0 Å². The third-order valence-corrected chi connectivity index (χ3v) is 2.38. The molecule has 1 aromatic heterocycles. The van der Waals surface area contributed by atoms with Gasteiger partial charge in [0.05, 0.1) is 16.9 Å². The van der Waals surface area contributed by atoms with Crippen molar-refractivity contribution in [3.05, 3.63) is 16.9 Å². The molecule has 0 saturated heterocycles. The summed E-state index contributed by atoms with van der Waals surface area (Å²) in [5.41, 5.74) is 6.87. The summed E-state index contributed by atoms with van der Waals surface area (Å²) in [6, 6.07) is 0.261. The van der Waals surface area contributed by atoms with E-state index < -0.39 is 0 Å². The number of hydrogen-bond donors (Lipinski definition) is 1. The first-order valence-electron chi connectivity index (χ1n) is 3.73. The van der Waals surface area contributed by atoms with Crippen molar-refractivity contribution < 1.29 is 0 Å². The molecule has 1 aliphatic heterocycles. The van der Waals surface area contributed by atoms with Crippen LogP contribution in [0.4, 0.5) is 0 Å². The van der Waals surface area contributed by atoms with E-state index in [4.69, 9.17) is 17.3 Å². The molecular weight excluding hydrogens is 162 g/mol. The molecule has 0 saturated carbocycles. The van der Waals surface area contributed by atoms with Crippen LogP contribution in [0, 0.1) is 0 Å². The summed E-state index contributed by atoms with van der Waals surface area (Å²) >= 11 is 5.88. The second kappa shape index (κ2) is 2.50. The van der Waals surface area contributed by atoms with E-state index in [0.717, 1.165) is 30.1 Å². The van der Waals surface area contributed by atoms with Gasteiger partial charge < -0.3 is 5.73 Å². The van der Waals surface area contributed by atoms with E-state index in [2.05, 4.69) is 5.10 Å². The van der Waals surface area contributed by atoms with E-state index in [1.54, 1.807) is 6.20 Å². The maximum Gasteiger partial charge on any atom is 0.0818 e. The van der Waals surface area contributed by atoms with Crippen molar-refractivity contribution in [3.63, 3.8) is 0 Å². The molecule has 0 bridgehead atoms. The molecule has 1 aliphatic rings. The molecule has 0 fully saturated rings. The standard InChI is InChI=1S/C7H10ClN3/c8-6-4-10-11-2-1-5(9)3-7(6)11/h4-5H,1-3,9H2. The Morgan fingerprint density at radius 3 is 3.36 bits per heavy atom. The van der Waals surface area contributed by atoms with Crippen molar-refractivity contribution in [3.8, 4) is 0 Å². The third-order valence-electron chi connectivity index (χ3n) is 2.06. The molecule has 11 heavy (non-hydrogen) atoms. The predicted molar refractivity (Wildman–Crippen MR) is 43.5 cm³/mol. The normalized spacial score (nSPS) is 23.3. The zero-order chi connectivity index (χ0) is 7.84. The lowest BCUT2D eigenvalue weighted by Crippen LogP contribution is -2.30. The summed E-state index contributed by atoms with van der Waals surface area (Å²) < 4.78 is 1.94. The number of nitrogens with zero attached hydrogens (tertiary/aromatic N) is 2. The lowest BCUT2D eigenvalue weighted by molar-refractivity contribution is 0.439. The van der Waals surface area contributed by atoms with Gasteiger partial charge >= 0.3 is 0 Å². The molecule has 1 aromatic rings. The smallest absolute Gasteiger partial charge is 0.0818 e. The minimum Gasteiger partial charge on any atom is -0.327 e. The monoisotopic (exact) mass is 171 g/mol. The summed E-state index contributed by atoms with van der Waals surface area (Å²) in [6.45, 7) is 0.906. The molecule has 0 aliphatic carbocycles. The van der Waals surface area contributed by atoms with Crippen LogP contribution in [0.2, 0.25) is 5.02 Å². The highest BCUT2D eigenvalue weighted by molar-refractivity contribution is 6.31. The lowest BCUT2D eigenvalue weighted by Gasteiger charge is -2.19. The zero-order valence-corrected chi connectivity index (χ0v) is 6.88. The van der Waals surface area contributed by atoms with Gasteiger partial charge in [0.25, 0.3) is 0 Å². The highest BCUT2D eigenvalue weighted by Crippen LogP contribution is 2.21. The molecule has 2 heterocycles. The zero-order valence-electron chi connectivity index (χ0n) is 6.13. The Balaban J connectivity index is 2.37. The molecule has 0 amide bonds. The number of rotatable bonds is 0. The van der Waals surface area contributed by atoms with Gasteiger partial charge in [-0.2, -0.15) is 5.10 Å². The number of hydrogen-bond acceptors (Lipinski definition) is 2. The first-order chi connectivity index (χ1) is 5.27. The average Bonchev–Trinajstić information content (AvgIpc) is 2.33. The largest absolute Gasteiger partial charge is 0.327 e. The van der Waals surface area contributed by atoms with Gasteiger partial charge in [0, 0.05) is 19.0 Å². The van der Waals surface area contributed by atoms with Gasteiger partial charge in [-0.1, -0.05) is 11.6 Å². The second-order valence-corrected chi connectivity index (χ2v) is 3.32. The first kappa shape index (κ1) is 7.13. The molecule has 3 nitrogen and oxygen atoms in total. The Hall–Kier alpha value is -0.540. The minimum absolute atomic E-state index is 0.261. The molecule has 60 valence electrons. The molecule has 2 rings (SSSR count). The summed E-state index contributed by atoms with van der Waals surface area (Å²) in [5, 5.41) is 4.87. The molecule has 0 radical (unpaired) electrons. The molecule has 0 aromatic carbocycles. The van der Waals surface area contributed by atoms with Gasteiger partial charge in [0.2, 0.25) is 0 Å². The van der Waals surface area contributed by atoms with Crippen LogP contribution >= 0.6 is 11.6 Å². The van der Waals surface area contributed by atoms with Crippen LogP contribution in [0.15, 0.2) is 6.20 Å². The molecule has 2 N–H and O–H groups in total. The van der Waals surface area contributed by atoms with Crippen molar-refractivity contribution in [2.75, 3.05) is 0 Å². The fourth-order valence-corrected chi connectivity index (χ4v) is 1.64. The molecule has 1 atom stereocenters. The molecule has 0 spiro atoms. The Morgan fingerprint density at radius 1 is 1.73 bits per heavy atom. The van der Waals surface area contributed by atoms with Crippen LogP contribution in [0.5, 0.6) is 0 Å². The Morgan fingerprint density at radius 2 is 2.55 bits per heavy atom. The summed E-state index contributed by atoms with van der Waals surface area (Å²) in [5.74, 6) is 0. The van der Waals surface area contributed by atoms with Gasteiger partial charge in [-0.15, -0.1) is 0 Å². The minimum atomic E-state index is 0.261. The van der Waals surface area contributed by atoms with Crippen LogP contribution in [0.1, 0.15) is 12.1 Å². The fraction of sp³-hybridized carbons (Fsp3) is 0.571. The van der Waals surface area contributed by atoms with E-state index in [1.807, 2.05) is 4.68 Å². The Bertz CT molecular complexity index is 269. The van der Waals surface area contributed by atoms with E-state index in [0.29, 0.717) is 0 Å². The van der Waals surface area contributed by atoms with E-state index in [-0.39, 0.29) is 6.04 Å². The van der Waals surface area contributed by atoms with Gasteiger partial charge in [0.1, 0.15) is 0 Å². The van der Waals surface area contributed by atoms with Crippen LogP contribution < -0.4 is 5.73 Å². The first-order valence-corrected chi connectivity index (χ1v) is 4.11. The maximum absolute atomic E-state index is 5.88. The average molecular weight is 172 g/mol. The number of aromatic nitrogens is 2. The quantitative estimate of drug-likeness (QED) is 0.628. The fourth-order valence-electron chi connectivity index (χ4n) is 1.42. The Kier molecular flexibility index (Phi) is 1.62. The second-order valence-electron chi connectivity index (χ2n) is 2.92. The van der Waals surface area contributed by atoms with Gasteiger partial charge in [0.15, 0.2) is 0 Å². The molecule has 1 unspecified atom stereocenters. The number of aryl methyl sites for hydroxylation is 1. The molecule has 4 heteroatoms. The topological polar surface area (TPSA) is 43.8 Å². The highest BCUT2D eigenvalue weighted by Gasteiger charge is 2.18. The van der Waals surface area contributed by atoms with Gasteiger partial charge in [-0.3, -0.25) is 4.68 Å². The van der Waals surface area contributed by atoms with Crippen molar-refractivity contribution in [1.29, 1.82) is 0 Å². The van der Waals surface area contributed by atoms with Crippen LogP contribution in [0.3, 0.4) is 0 Å². The SMILES string of the molecule is NC1CCn2ncc(Cl)c2C1. The lowest BCUT2D eigenvalue weighted by atomic mass is 10.1. The number of halogens is 1. The van der Waals surface area contributed by atoms with Crippen molar-refractivity contribution in [1.82, 2.24) is 9.78 Å². The third kappa shape index (κ3) is 1.14. The van der Waals surface area contributed by atoms with Crippen molar-refractivity contribution in [2.45, 2.75) is 25.4 Å². The van der Waals surface area contributed by atoms with Gasteiger partial charge in [-0.05, 0) is 6.42 Å². The van der Waals surface area contributed by atoms with Crippen molar-refractivity contribution >= 4 is 11.6 Å². The summed E-state index contributed by atoms with van der Waals surface area (Å²) in [4.78, 5) is 0. The summed E-state index contributed by atoms with van der Waals surface area (Å²) in [7, 11) is 0. The maximum atomic E-state index is 5.88. The summed E-state index contributed by atoms with van der Waals surface area (Å²) in [6.07, 6.45) is 3.55. The van der Waals surface area contributed by atoms with E-state index in [9.17, 15) is 0 Å². The van der Waals surface area contributed by atoms with E-state index in [1.165, 1.54) is 0 Å².